The van der Waals surface area contributed by atoms with Crippen LogP contribution in [-0.2, 0) is 10.8 Å². The molecule has 0 heterocycles. The van der Waals surface area contributed by atoms with Gasteiger partial charge in [0.15, 0.2) is 0 Å². The molecule has 278 valence electrons. The van der Waals surface area contributed by atoms with Gasteiger partial charge in [-0.05, 0) is 83.3 Å². The van der Waals surface area contributed by atoms with Gasteiger partial charge in [-0.2, -0.15) is 0 Å². The van der Waals surface area contributed by atoms with E-state index in [0.29, 0.717) is 0 Å². The first-order valence-electron chi connectivity index (χ1n) is 20.3. The molecule has 0 radical (unpaired) electrons. The SMILES string of the molecule is C1=CC(c2ccccc2)(C2(c3ccccc3)C=CC(N(c3ccccc3)c3cccc4ccccc34)=CC2)CC=C1N(c1ccccc1)c1cccc2ccccc12. The second kappa shape index (κ2) is 15.1. The quantitative estimate of drug-likeness (QED) is 0.145. The summed E-state index contributed by atoms with van der Waals surface area (Å²) in [6, 6.07) is 74.6. The lowest BCUT2D eigenvalue weighted by atomic mass is 9.52. The van der Waals surface area contributed by atoms with Crippen LogP contribution in [0.3, 0.4) is 0 Å². The molecule has 2 nitrogen and oxygen atoms in total. The van der Waals surface area contributed by atoms with E-state index in [0.717, 1.165) is 24.2 Å². The maximum absolute atomic E-state index is 2.52. The van der Waals surface area contributed by atoms with E-state index in [9.17, 15) is 0 Å². The number of hydrogen-bond acceptors (Lipinski definition) is 2. The molecule has 0 saturated carbocycles. The van der Waals surface area contributed by atoms with Gasteiger partial charge in [0, 0.05) is 44.4 Å². The summed E-state index contributed by atoms with van der Waals surface area (Å²) >= 11 is 0. The fourth-order valence-electron chi connectivity index (χ4n) is 9.48. The molecule has 2 atom stereocenters. The normalized spacial score (nSPS) is 18.8. The molecule has 0 fully saturated rings. The van der Waals surface area contributed by atoms with E-state index in [1.54, 1.807) is 0 Å². The molecule has 0 N–H and O–H groups in total. The Morgan fingerprint density at radius 3 is 1.05 bits per heavy atom. The van der Waals surface area contributed by atoms with Gasteiger partial charge >= 0.3 is 0 Å². The van der Waals surface area contributed by atoms with Crippen LogP contribution in [-0.4, -0.2) is 0 Å². The van der Waals surface area contributed by atoms with Crippen LogP contribution >= 0.6 is 0 Å². The molecule has 2 aliphatic carbocycles. The molecule has 0 aliphatic heterocycles. The number of fused-ring (bicyclic) bond motifs is 2. The molecule has 0 bridgehead atoms. The van der Waals surface area contributed by atoms with Crippen molar-refractivity contribution in [2.75, 3.05) is 9.80 Å². The minimum Gasteiger partial charge on any atom is -0.310 e. The molecule has 2 aliphatic rings. The van der Waals surface area contributed by atoms with Crippen molar-refractivity contribution in [2.45, 2.75) is 23.7 Å². The zero-order valence-corrected chi connectivity index (χ0v) is 32.4. The van der Waals surface area contributed by atoms with Crippen LogP contribution in [0, 0.1) is 0 Å². The predicted octanol–water partition coefficient (Wildman–Crippen LogP) is 14.5. The molecule has 2 unspecified atom stereocenters. The molecule has 0 saturated heterocycles. The fraction of sp³-hybridized carbons (Fsp3) is 0.0714. The van der Waals surface area contributed by atoms with Crippen molar-refractivity contribution in [3.8, 4) is 0 Å². The van der Waals surface area contributed by atoms with Crippen LogP contribution in [0.4, 0.5) is 22.7 Å². The van der Waals surface area contributed by atoms with Gasteiger partial charge in [-0.3, -0.25) is 0 Å². The zero-order chi connectivity index (χ0) is 38.8. The average molecular weight is 745 g/mol. The summed E-state index contributed by atoms with van der Waals surface area (Å²) in [6.45, 7) is 0. The highest BCUT2D eigenvalue weighted by Gasteiger charge is 2.51. The van der Waals surface area contributed by atoms with Crippen molar-refractivity contribution >= 4 is 44.3 Å². The highest BCUT2D eigenvalue weighted by Crippen LogP contribution is 2.56. The maximum atomic E-state index is 2.52. The number of nitrogens with zero attached hydrogens (tertiary/aromatic N) is 2. The lowest BCUT2D eigenvalue weighted by molar-refractivity contribution is 0.325. The third-order valence-electron chi connectivity index (χ3n) is 12.3. The molecule has 0 amide bonds. The van der Waals surface area contributed by atoms with E-state index in [1.165, 1.54) is 55.4 Å². The van der Waals surface area contributed by atoms with E-state index in [4.69, 9.17) is 0 Å². The van der Waals surface area contributed by atoms with Crippen LogP contribution in [0.2, 0.25) is 0 Å². The summed E-state index contributed by atoms with van der Waals surface area (Å²) in [5.41, 5.74) is 8.77. The molecule has 8 aromatic carbocycles. The molecule has 0 aromatic heterocycles. The predicted molar refractivity (Wildman–Crippen MR) is 245 cm³/mol. The largest absolute Gasteiger partial charge is 0.310 e. The van der Waals surface area contributed by atoms with E-state index in [1.807, 2.05) is 0 Å². The Morgan fingerprint density at radius 2 is 0.672 bits per heavy atom. The third-order valence-corrected chi connectivity index (χ3v) is 12.3. The molecule has 2 heteroatoms. The van der Waals surface area contributed by atoms with Gasteiger partial charge in [0.1, 0.15) is 0 Å². The number of allylic oxidation sites excluding steroid dienone is 6. The molecule has 0 spiro atoms. The summed E-state index contributed by atoms with van der Waals surface area (Å²) < 4.78 is 0. The minimum absolute atomic E-state index is 0.393. The van der Waals surface area contributed by atoms with Crippen LogP contribution in [0.5, 0.6) is 0 Å². The number of anilines is 4. The van der Waals surface area contributed by atoms with E-state index in [-0.39, 0.29) is 0 Å². The van der Waals surface area contributed by atoms with Gasteiger partial charge in [-0.1, -0.05) is 194 Å². The second-order valence-electron chi connectivity index (χ2n) is 15.3. The van der Waals surface area contributed by atoms with Crippen LogP contribution < -0.4 is 9.80 Å². The molecule has 10 rings (SSSR count). The molecule has 58 heavy (non-hydrogen) atoms. The Hall–Kier alpha value is -7.16. The highest BCUT2D eigenvalue weighted by atomic mass is 15.2. The van der Waals surface area contributed by atoms with Crippen molar-refractivity contribution in [1.82, 2.24) is 0 Å². The van der Waals surface area contributed by atoms with Crippen LogP contribution in [0.15, 0.2) is 254 Å². The summed E-state index contributed by atoms with van der Waals surface area (Å²) in [5.74, 6) is 0. The first-order valence-corrected chi connectivity index (χ1v) is 20.3. The number of benzene rings is 8. The Bertz CT molecular complexity index is 2630. The van der Waals surface area contributed by atoms with Gasteiger partial charge in [0.25, 0.3) is 0 Å². The van der Waals surface area contributed by atoms with Crippen molar-refractivity contribution < 1.29 is 0 Å². The highest BCUT2D eigenvalue weighted by molar-refractivity contribution is 5.98. The Morgan fingerprint density at radius 1 is 0.328 bits per heavy atom. The fourth-order valence-corrected chi connectivity index (χ4v) is 9.48. The third kappa shape index (κ3) is 6.06. The monoisotopic (exact) mass is 744 g/mol. The Kier molecular flexibility index (Phi) is 9.16. The van der Waals surface area contributed by atoms with Crippen molar-refractivity contribution in [1.29, 1.82) is 0 Å². The summed E-state index contributed by atoms with van der Waals surface area (Å²) in [5, 5.41) is 4.91. The van der Waals surface area contributed by atoms with Gasteiger partial charge in [-0.25, -0.2) is 0 Å². The number of rotatable bonds is 9. The number of para-hydroxylation sites is 2. The summed E-state index contributed by atoms with van der Waals surface area (Å²) in [4.78, 5) is 4.86. The van der Waals surface area contributed by atoms with E-state index >= 15 is 0 Å². The van der Waals surface area contributed by atoms with Gasteiger partial charge < -0.3 is 9.80 Å². The number of hydrogen-bond donors (Lipinski definition) is 0. The lowest BCUT2D eigenvalue weighted by Gasteiger charge is -2.51. The van der Waals surface area contributed by atoms with Gasteiger partial charge in [-0.15, -0.1) is 0 Å². The van der Waals surface area contributed by atoms with E-state index in [2.05, 4.69) is 253 Å². The molecular formula is C56H44N2. The second-order valence-corrected chi connectivity index (χ2v) is 15.3. The van der Waals surface area contributed by atoms with Gasteiger partial charge in [0.05, 0.1) is 11.4 Å². The van der Waals surface area contributed by atoms with Crippen molar-refractivity contribution in [3.05, 3.63) is 265 Å². The Labute approximate surface area is 341 Å². The standard InChI is InChI=1S/C56H44N2/c1-5-23-45(24-6-1)55(39-35-49(36-40-55)57(47-27-9-3-10-28-47)53-33-17-21-43-19-13-15-31-51(43)53)56(46-25-7-2-8-26-46)41-37-50(38-42-56)58(48-29-11-4-12-30-48)54-34-18-22-44-20-14-16-32-52(44)54/h1-39,41H,40,42H2. The van der Waals surface area contributed by atoms with Crippen LogP contribution in [0.1, 0.15) is 24.0 Å². The summed E-state index contributed by atoms with van der Waals surface area (Å²) in [7, 11) is 0. The lowest BCUT2D eigenvalue weighted by Crippen LogP contribution is -2.48. The smallest absolute Gasteiger partial charge is 0.0539 e. The van der Waals surface area contributed by atoms with E-state index < -0.39 is 10.8 Å². The zero-order valence-electron chi connectivity index (χ0n) is 32.4. The van der Waals surface area contributed by atoms with Gasteiger partial charge in [0.2, 0.25) is 0 Å². The molecule has 8 aromatic rings. The van der Waals surface area contributed by atoms with Crippen molar-refractivity contribution in [3.63, 3.8) is 0 Å². The molecular weight excluding hydrogens is 701 g/mol. The first-order chi connectivity index (χ1) is 28.7. The maximum Gasteiger partial charge on any atom is 0.0539 e. The Balaban J connectivity index is 1.12. The average Bonchev–Trinajstić information content (AvgIpc) is 3.31. The van der Waals surface area contributed by atoms with Crippen molar-refractivity contribution in [2.24, 2.45) is 0 Å². The first kappa shape index (κ1) is 35.3. The minimum atomic E-state index is -0.393. The van der Waals surface area contributed by atoms with Crippen LogP contribution in [0.25, 0.3) is 21.5 Å². The topological polar surface area (TPSA) is 6.48 Å². The summed E-state index contributed by atoms with van der Waals surface area (Å²) in [6.07, 6.45) is 16.4.